The van der Waals surface area contributed by atoms with Crippen molar-refractivity contribution in [3.8, 4) is 5.69 Å². The van der Waals surface area contributed by atoms with Crippen LogP contribution in [0.2, 0.25) is 0 Å². The Balaban J connectivity index is 1.55. The fourth-order valence-corrected chi connectivity index (χ4v) is 3.88. The number of amides is 1. The first kappa shape index (κ1) is 21.1. The van der Waals surface area contributed by atoms with E-state index in [4.69, 9.17) is 0 Å². The largest absolute Gasteiger partial charge is 0.478 e. The fraction of sp³-hybridized carbons (Fsp3) is 0.115. The number of carbonyl (C=O) groups excluding carboxylic acids is 1. The number of hydrogen-bond donors (Lipinski definition) is 2. The maximum absolute atomic E-state index is 12.5. The summed E-state index contributed by atoms with van der Waals surface area (Å²) in [6.45, 7) is 5.82. The number of carbonyl (C=O) groups is 2. The van der Waals surface area contributed by atoms with Crippen LogP contribution in [0, 0.1) is 20.8 Å². The van der Waals surface area contributed by atoms with Crippen molar-refractivity contribution in [2.75, 3.05) is 0 Å². The Morgan fingerprint density at radius 3 is 2.34 bits per heavy atom. The van der Waals surface area contributed by atoms with Gasteiger partial charge in [-0.3, -0.25) is 4.79 Å². The highest BCUT2D eigenvalue weighted by Gasteiger charge is 2.13. The molecule has 0 spiro atoms. The zero-order valence-corrected chi connectivity index (χ0v) is 18.1. The molecule has 1 heterocycles. The van der Waals surface area contributed by atoms with Crippen LogP contribution in [-0.4, -0.2) is 27.8 Å². The second kappa shape index (κ2) is 8.51. The van der Waals surface area contributed by atoms with Gasteiger partial charge in [0.1, 0.15) is 0 Å². The molecule has 0 aliphatic rings. The molecule has 0 atom stereocenters. The van der Waals surface area contributed by atoms with Crippen molar-refractivity contribution in [3.63, 3.8) is 0 Å². The molecule has 160 valence electrons. The molecule has 1 aromatic heterocycles. The highest BCUT2D eigenvalue weighted by atomic mass is 16.4. The number of aromatic nitrogens is 1. The van der Waals surface area contributed by atoms with E-state index in [1.54, 1.807) is 30.5 Å². The predicted molar refractivity (Wildman–Crippen MR) is 126 cm³/mol. The van der Waals surface area contributed by atoms with Crippen molar-refractivity contribution in [1.82, 2.24) is 9.99 Å². The topological polar surface area (TPSA) is 83.7 Å². The van der Waals surface area contributed by atoms with Gasteiger partial charge in [0.05, 0.1) is 11.8 Å². The molecule has 0 unspecified atom stereocenters. The van der Waals surface area contributed by atoms with E-state index < -0.39 is 5.97 Å². The Labute approximate surface area is 185 Å². The molecule has 0 saturated heterocycles. The summed E-state index contributed by atoms with van der Waals surface area (Å²) in [6.07, 6.45) is 1.62. The minimum Gasteiger partial charge on any atom is -0.478 e. The fourth-order valence-electron chi connectivity index (χ4n) is 3.88. The van der Waals surface area contributed by atoms with Gasteiger partial charge < -0.3 is 9.67 Å². The smallest absolute Gasteiger partial charge is 0.335 e. The zero-order valence-electron chi connectivity index (χ0n) is 18.1. The van der Waals surface area contributed by atoms with Crippen LogP contribution in [-0.2, 0) is 0 Å². The lowest BCUT2D eigenvalue weighted by Crippen LogP contribution is -2.17. The molecule has 0 saturated carbocycles. The van der Waals surface area contributed by atoms with E-state index in [2.05, 4.69) is 10.5 Å². The number of nitrogens with zero attached hydrogens (tertiary/aromatic N) is 2. The average molecular weight is 425 g/mol. The van der Waals surface area contributed by atoms with E-state index in [-0.39, 0.29) is 11.5 Å². The molecule has 0 aliphatic heterocycles. The quantitative estimate of drug-likeness (QED) is 0.348. The maximum atomic E-state index is 12.5. The normalized spacial score (nSPS) is 11.2. The minimum atomic E-state index is -0.949. The summed E-state index contributed by atoms with van der Waals surface area (Å²) in [4.78, 5) is 23.7. The predicted octanol–water partition coefficient (Wildman–Crippen LogP) is 5.02. The van der Waals surface area contributed by atoms with Gasteiger partial charge in [0.15, 0.2) is 0 Å². The third kappa shape index (κ3) is 4.03. The van der Waals surface area contributed by atoms with Gasteiger partial charge in [-0.2, -0.15) is 5.10 Å². The molecule has 2 N–H and O–H groups in total. The molecule has 3 aromatic carbocycles. The summed E-state index contributed by atoms with van der Waals surface area (Å²) in [5.74, 6) is -1.23. The van der Waals surface area contributed by atoms with Crippen LogP contribution in [0.5, 0.6) is 0 Å². The van der Waals surface area contributed by atoms with Gasteiger partial charge in [-0.05, 0) is 73.5 Å². The minimum absolute atomic E-state index is 0.256. The number of carboxylic acid groups (broad SMARTS) is 1. The number of nitrogens with one attached hydrogen (secondary N) is 1. The summed E-state index contributed by atoms with van der Waals surface area (Å²) in [5, 5.41) is 15.4. The van der Waals surface area contributed by atoms with Crippen LogP contribution in [0.25, 0.3) is 16.5 Å². The Morgan fingerprint density at radius 2 is 1.62 bits per heavy atom. The summed E-state index contributed by atoms with van der Waals surface area (Å²) >= 11 is 0. The van der Waals surface area contributed by atoms with Gasteiger partial charge >= 0.3 is 5.97 Å². The van der Waals surface area contributed by atoms with Gasteiger partial charge in [0, 0.05) is 28.2 Å². The molecule has 0 aliphatic carbocycles. The summed E-state index contributed by atoms with van der Waals surface area (Å²) in [7, 11) is 0. The number of fused-ring (bicyclic) bond motifs is 1. The van der Waals surface area contributed by atoms with Gasteiger partial charge in [-0.1, -0.05) is 30.3 Å². The summed E-state index contributed by atoms with van der Waals surface area (Å²) in [5.41, 5.74) is 7.95. The molecular formula is C26H23N3O3. The lowest BCUT2D eigenvalue weighted by molar-refractivity contribution is 0.0696. The maximum Gasteiger partial charge on any atom is 0.335 e. The van der Waals surface area contributed by atoms with Gasteiger partial charge in [-0.15, -0.1) is 0 Å². The number of carboxylic acids is 1. The van der Waals surface area contributed by atoms with Crippen molar-refractivity contribution >= 4 is 28.9 Å². The van der Waals surface area contributed by atoms with Crippen molar-refractivity contribution in [1.29, 1.82) is 0 Å². The SMILES string of the molecule is Cc1cc(C(=O)O)ccc1-n1c(C)cc(C=NNC(=O)c2ccc3ccccc3c2)c1C. The first-order valence-electron chi connectivity index (χ1n) is 10.2. The van der Waals surface area contributed by atoms with E-state index in [1.165, 1.54) is 0 Å². The molecule has 0 radical (unpaired) electrons. The highest BCUT2D eigenvalue weighted by Crippen LogP contribution is 2.23. The van der Waals surface area contributed by atoms with Crippen molar-refractivity contribution in [2.24, 2.45) is 5.10 Å². The van der Waals surface area contributed by atoms with E-state index in [9.17, 15) is 14.7 Å². The number of hydrazone groups is 1. The van der Waals surface area contributed by atoms with E-state index >= 15 is 0 Å². The first-order valence-corrected chi connectivity index (χ1v) is 10.2. The number of hydrogen-bond acceptors (Lipinski definition) is 3. The van der Waals surface area contributed by atoms with Crippen molar-refractivity contribution < 1.29 is 14.7 Å². The molecule has 4 rings (SSSR count). The molecule has 0 fully saturated rings. The number of aryl methyl sites for hydroxylation is 2. The van der Waals surface area contributed by atoms with Gasteiger partial charge in [0.25, 0.3) is 5.91 Å². The molecule has 32 heavy (non-hydrogen) atoms. The molecular weight excluding hydrogens is 402 g/mol. The molecule has 0 bridgehead atoms. The summed E-state index contributed by atoms with van der Waals surface area (Å²) < 4.78 is 2.05. The Bertz CT molecular complexity index is 1380. The average Bonchev–Trinajstić information content (AvgIpc) is 3.06. The second-order valence-electron chi connectivity index (χ2n) is 7.73. The molecule has 6 nitrogen and oxygen atoms in total. The van der Waals surface area contributed by atoms with Crippen molar-refractivity contribution in [2.45, 2.75) is 20.8 Å². The Morgan fingerprint density at radius 1 is 0.906 bits per heavy atom. The first-order chi connectivity index (χ1) is 15.3. The van der Waals surface area contributed by atoms with Crippen LogP contribution in [0.15, 0.2) is 71.8 Å². The zero-order chi connectivity index (χ0) is 22.8. The highest BCUT2D eigenvalue weighted by molar-refractivity contribution is 5.99. The van der Waals surface area contributed by atoms with Crippen LogP contribution in [0.4, 0.5) is 0 Å². The summed E-state index contributed by atoms with van der Waals surface area (Å²) in [6, 6.07) is 20.5. The van der Waals surface area contributed by atoms with Crippen LogP contribution < -0.4 is 5.43 Å². The van der Waals surface area contributed by atoms with Gasteiger partial charge in [-0.25, -0.2) is 10.2 Å². The second-order valence-corrected chi connectivity index (χ2v) is 7.73. The standard InChI is InChI=1S/C26H23N3O3/c1-16-12-22(26(31)32)10-11-24(16)29-17(2)13-23(18(29)3)15-27-28-25(30)21-9-8-19-6-4-5-7-20(19)14-21/h4-15H,1-3H3,(H,28,30)(H,31,32). The number of rotatable bonds is 5. The van der Waals surface area contributed by atoms with Crippen molar-refractivity contribution in [3.05, 3.63) is 100 Å². The number of aromatic carboxylic acids is 1. The third-order valence-corrected chi connectivity index (χ3v) is 5.54. The third-order valence-electron chi connectivity index (χ3n) is 5.54. The van der Waals surface area contributed by atoms with Crippen LogP contribution in [0.1, 0.15) is 43.2 Å². The lowest BCUT2D eigenvalue weighted by atomic mass is 10.1. The van der Waals surface area contributed by atoms with Crippen LogP contribution in [0.3, 0.4) is 0 Å². The molecule has 4 aromatic rings. The number of benzene rings is 3. The Hall–Kier alpha value is -4.19. The van der Waals surface area contributed by atoms with E-state index in [0.717, 1.165) is 39.0 Å². The lowest BCUT2D eigenvalue weighted by Gasteiger charge is -2.13. The van der Waals surface area contributed by atoms with Gasteiger partial charge in [0.2, 0.25) is 0 Å². The Kier molecular flexibility index (Phi) is 5.60. The van der Waals surface area contributed by atoms with E-state index in [0.29, 0.717) is 5.56 Å². The monoisotopic (exact) mass is 425 g/mol. The molecule has 1 amide bonds. The molecule has 6 heteroatoms. The van der Waals surface area contributed by atoms with Crippen LogP contribution >= 0.6 is 0 Å². The van der Waals surface area contributed by atoms with E-state index in [1.807, 2.05) is 67.8 Å².